The second-order valence-electron chi connectivity index (χ2n) is 4.96. The van der Waals surface area contributed by atoms with E-state index in [2.05, 4.69) is 0 Å². The fraction of sp³-hybridized carbons (Fsp3) is 0.636. The van der Waals surface area contributed by atoms with Gasteiger partial charge in [0.1, 0.15) is 5.60 Å². The SMILES string of the molecule is CC(C)(C)OC1=C(F)C(F)C(C)(F)C(F)=C1F. The van der Waals surface area contributed by atoms with Crippen molar-refractivity contribution in [2.45, 2.75) is 45.1 Å². The van der Waals surface area contributed by atoms with Gasteiger partial charge >= 0.3 is 0 Å². The first kappa shape index (κ1) is 14.0. The predicted molar refractivity (Wildman–Crippen MR) is 52.6 cm³/mol. The molecule has 98 valence electrons. The summed E-state index contributed by atoms with van der Waals surface area (Å²) in [6.45, 7) is 4.75. The lowest BCUT2D eigenvalue weighted by atomic mass is 9.93. The van der Waals surface area contributed by atoms with Gasteiger partial charge in [-0.3, -0.25) is 0 Å². The topological polar surface area (TPSA) is 9.23 Å². The van der Waals surface area contributed by atoms with E-state index in [0.29, 0.717) is 6.92 Å². The number of alkyl halides is 2. The molecular formula is C11H13F5O. The van der Waals surface area contributed by atoms with E-state index in [4.69, 9.17) is 4.74 Å². The highest BCUT2D eigenvalue weighted by atomic mass is 19.2. The van der Waals surface area contributed by atoms with Crippen molar-refractivity contribution >= 4 is 0 Å². The molecule has 2 unspecified atom stereocenters. The summed E-state index contributed by atoms with van der Waals surface area (Å²) in [6, 6.07) is 0. The monoisotopic (exact) mass is 256 g/mol. The normalized spacial score (nSPS) is 31.0. The summed E-state index contributed by atoms with van der Waals surface area (Å²) in [4.78, 5) is 0. The third-order valence-electron chi connectivity index (χ3n) is 2.14. The van der Waals surface area contributed by atoms with Crippen LogP contribution in [-0.4, -0.2) is 17.4 Å². The van der Waals surface area contributed by atoms with Crippen molar-refractivity contribution in [1.29, 1.82) is 0 Å². The van der Waals surface area contributed by atoms with Crippen LogP contribution in [0.1, 0.15) is 27.7 Å². The minimum atomic E-state index is -3.35. The highest BCUT2D eigenvalue weighted by Crippen LogP contribution is 2.44. The summed E-state index contributed by atoms with van der Waals surface area (Å²) >= 11 is 0. The molecule has 0 aromatic heterocycles. The van der Waals surface area contributed by atoms with Gasteiger partial charge in [0.05, 0.1) is 0 Å². The first-order valence-electron chi connectivity index (χ1n) is 4.96. The molecular weight excluding hydrogens is 243 g/mol. The van der Waals surface area contributed by atoms with E-state index in [1.54, 1.807) is 0 Å². The van der Waals surface area contributed by atoms with Gasteiger partial charge in [-0.15, -0.1) is 0 Å². The molecule has 1 aliphatic carbocycles. The Bertz CT molecular complexity index is 389. The molecule has 0 aliphatic heterocycles. The summed E-state index contributed by atoms with van der Waals surface area (Å²) in [5.41, 5.74) is -4.41. The molecule has 0 aromatic rings. The van der Waals surface area contributed by atoms with Crippen molar-refractivity contribution in [2.24, 2.45) is 0 Å². The van der Waals surface area contributed by atoms with Crippen molar-refractivity contribution in [2.75, 3.05) is 0 Å². The lowest BCUT2D eigenvalue weighted by Gasteiger charge is -2.30. The van der Waals surface area contributed by atoms with Gasteiger partial charge in [-0.05, 0) is 27.7 Å². The number of rotatable bonds is 1. The molecule has 0 aromatic carbocycles. The Morgan fingerprint density at radius 1 is 1.18 bits per heavy atom. The second-order valence-corrected chi connectivity index (χ2v) is 4.96. The number of allylic oxidation sites excluding steroid dienone is 3. The molecule has 1 nitrogen and oxygen atoms in total. The van der Waals surface area contributed by atoms with Crippen LogP contribution in [0.15, 0.2) is 23.2 Å². The molecule has 17 heavy (non-hydrogen) atoms. The van der Waals surface area contributed by atoms with Gasteiger partial charge in [-0.25, -0.2) is 17.6 Å². The van der Waals surface area contributed by atoms with Crippen molar-refractivity contribution < 1.29 is 26.7 Å². The number of ether oxygens (including phenoxy) is 1. The van der Waals surface area contributed by atoms with Crippen LogP contribution in [0.2, 0.25) is 0 Å². The maximum absolute atomic E-state index is 13.4. The molecule has 2 atom stereocenters. The summed E-state index contributed by atoms with van der Waals surface area (Å²) in [7, 11) is 0. The minimum Gasteiger partial charge on any atom is -0.482 e. The van der Waals surface area contributed by atoms with Gasteiger partial charge in [-0.1, -0.05) is 0 Å². The molecule has 0 saturated heterocycles. The van der Waals surface area contributed by atoms with E-state index in [-0.39, 0.29) is 0 Å². The van der Waals surface area contributed by atoms with E-state index in [9.17, 15) is 22.0 Å². The van der Waals surface area contributed by atoms with Crippen molar-refractivity contribution in [3.8, 4) is 0 Å². The van der Waals surface area contributed by atoms with Crippen LogP contribution < -0.4 is 0 Å². The molecule has 0 bridgehead atoms. The molecule has 0 fully saturated rings. The highest BCUT2D eigenvalue weighted by molar-refractivity contribution is 5.39. The predicted octanol–water partition coefficient (Wildman–Crippen LogP) is 4.21. The number of hydrogen-bond donors (Lipinski definition) is 0. The zero-order valence-electron chi connectivity index (χ0n) is 9.88. The third kappa shape index (κ3) is 2.45. The largest absolute Gasteiger partial charge is 0.482 e. The molecule has 0 amide bonds. The first-order chi connectivity index (χ1) is 7.48. The lowest BCUT2D eigenvalue weighted by Crippen LogP contribution is -2.38. The number of halogens is 5. The molecule has 0 spiro atoms. The minimum absolute atomic E-state index is 0.431. The van der Waals surface area contributed by atoms with Gasteiger partial charge in [0.25, 0.3) is 0 Å². The van der Waals surface area contributed by atoms with E-state index in [1.165, 1.54) is 20.8 Å². The van der Waals surface area contributed by atoms with Crippen LogP contribution in [0, 0.1) is 0 Å². The van der Waals surface area contributed by atoms with Gasteiger partial charge in [0.15, 0.2) is 29.3 Å². The van der Waals surface area contributed by atoms with E-state index >= 15 is 0 Å². The van der Waals surface area contributed by atoms with Crippen LogP contribution in [-0.2, 0) is 4.74 Å². The maximum Gasteiger partial charge on any atom is 0.202 e. The Morgan fingerprint density at radius 3 is 2.06 bits per heavy atom. The van der Waals surface area contributed by atoms with E-state index in [1.807, 2.05) is 0 Å². The van der Waals surface area contributed by atoms with Gasteiger partial charge in [0, 0.05) is 0 Å². The Labute approximate surface area is 95.9 Å². The van der Waals surface area contributed by atoms with Gasteiger partial charge < -0.3 is 4.74 Å². The van der Waals surface area contributed by atoms with Crippen LogP contribution in [0.25, 0.3) is 0 Å². The second kappa shape index (κ2) is 3.99. The summed E-state index contributed by atoms with van der Waals surface area (Å²) < 4.78 is 71.4. The standard InChI is InChI=1S/C11H13F5O/c1-10(2,3)17-7-5(12)8(14)11(4,16)9(15)6(7)13/h8H,1-4H3. The Hall–Kier alpha value is -1.07. The molecule has 0 heterocycles. The molecule has 1 aliphatic rings. The van der Waals surface area contributed by atoms with E-state index in [0.717, 1.165) is 0 Å². The van der Waals surface area contributed by atoms with Crippen molar-refractivity contribution in [3.05, 3.63) is 23.2 Å². The molecule has 0 N–H and O–H groups in total. The van der Waals surface area contributed by atoms with Crippen LogP contribution in [0.5, 0.6) is 0 Å². The molecule has 1 rings (SSSR count). The zero-order valence-corrected chi connectivity index (χ0v) is 9.88. The Morgan fingerprint density at radius 2 is 1.65 bits per heavy atom. The maximum atomic E-state index is 13.4. The fourth-order valence-corrected chi connectivity index (χ4v) is 1.28. The van der Waals surface area contributed by atoms with Crippen LogP contribution in [0.4, 0.5) is 22.0 Å². The Kier molecular flexibility index (Phi) is 3.29. The zero-order chi connectivity index (χ0) is 13.6. The molecule has 0 radical (unpaired) electrons. The van der Waals surface area contributed by atoms with E-state index < -0.39 is 40.7 Å². The average molecular weight is 256 g/mol. The van der Waals surface area contributed by atoms with Crippen molar-refractivity contribution in [1.82, 2.24) is 0 Å². The summed E-state index contributed by atoms with van der Waals surface area (Å²) in [5.74, 6) is -6.82. The first-order valence-corrected chi connectivity index (χ1v) is 4.96. The van der Waals surface area contributed by atoms with Gasteiger partial charge in [0.2, 0.25) is 5.83 Å². The Balaban J connectivity index is 3.27. The van der Waals surface area contributed by atoms with Crippen LogP contribution in [0.3, 0.4) is 0 Å². The smallest absolute Gasteiger partial charge is 0.202 e. The number of hydrogen-bond acceptors (Lipinski definition) is 1. The quantitative estimate of drug-likeness (QED) is 0.638. The van der Waals surface area contributed by atoms with Crippen molar-refractivity contribution in [3.63, 3.8) is 0 Å². The average Bonchev–Trinajstić information content (AvgIpc) is 2.18. The summed E-state index contributed by atoms with van der Waals surface area (Å²) in [6.07, 6.45) is -2.92. The third-order valence-corrected chi connectivity index (χ3v) is 2.14. The summed E-state index contributed by atoms with van der Waals surface area (Å²) in [5, 5.41) is 0. The molecule has 0 saturated carbocycles. The lowest BCUT2D eigenvalue weighted by molar-refractivity contribution is 0.0180. The fourth-order valence-electron chi connectivity index (χ4n) is 1.28. The van der Waals surface area contributed by atoms with Crippen LogP contribution >= 0.6 is 0 Å². The highest BCUT2D eigenvalue weighted by Gasteiger charge is 2.51. The van der Waals surface area contributed by atoms with Gasteiger partial charge in [-0.2, -0.15) is 4.39 Å². The molecule has 6 heteroatoms.